The molecule has 2 N–H and O–H groups in total. The molecule has 0 spiro atoms. The Morgan fingerprint density at radius 2 is 2.20 bits per heavy atom. The van der Waals surface area contributed by atoms with E-state index >= 15 is 0 Å². The highest BCUT2D eigenvalue weighted by molar-refractivity contribution is 7.99. The van der Waals surface area contributed by atoms with E-state index in [1.54, 1.807) is 11.8 Å². The summed E-state index contributed by atoms with van der Waals surface area (Å²) in [6, 6.07) is 7.30. The van der Waals surface area contributed by atoms with Gasteiger partial charge in [-0.1, -0.05) is 16.8 Å². The van der Waals surface area contributed by atoms with Gasteiger partial charge in [0.2, 0.25) is 5.91 Å². The number of rotatable bonds is 6. The van der Waals surface area contributed by atoms with Crippen molar-refractivity contribution in [1.82, 2.24) is 25.9 Å². The molecule has 0 bridgehead atoms. The third-order valence-electron chi connectivity index (χ3n) is 2.54. The number of thioether (sulfide) groups is 1. The summed E-state index contributed by atoms with van der Waals surface area (Å²) < 4.78 is 0. The molecule has 106 valence electrons. The Labute approximate surface area is 125 Å². The van der Waals surface area contributed by atoms with Crippen molar-refractivity contribution < 1.29 is 4.79 Å². The van der Waals surface area contributed by atoms with E-state index in [0.29, 0.717) is 23.0 Å². The summed E-state index contributed by atoms with van der Waals surface area (Å²) in [6.45, 7) is 1.81. The van der Waals surface area contributed by atoms with Crippen LogP contribution in [0.15, 0.2) is 29.2 Å². The first-order chi connectivity index (χ1) is 9.65. The highest BCUT2D eigenvalue weighted by Gasteiger charge is 2.12. The number of carbonyl (C=O) groups excluding carboxylic acids is 1. The SMILES string of the molecule is CC(NC(=O)CCSc1ccc(Cl)cc1)c1nn[nH]n1. The number of nitrogens with one attached hydrogen (secondary N) is 2. The second-order valence-electron chi connectivity index (χ2n) is 4.11. The molecule has 1 aromatic heterocycles. The fourth-order valence-corrected chi connectivity index (χ4v) is 2.50. The van der Waals surface area contributed by atoms with Gasteiger partial charge in [0.1, 0.15) is 0 Å². The molecule has 2 aromatic rings. The molecule has 20 heavy (non-hydrogen) atoms. The monoisotopic (exact) mass is 311 g/mol. The van der Waals surface area contributed by atoms with Crippen molar-refractivity contribution in [2.75, 3.05) is 5.75 Å². The average molecular weight is 312 g/mol. The molecule has 8 heteroatoms. The molecule has 0 aliphatic rings. The summed E-state index contributed by atoms with van der Waals surface area (Å²) in [4.78, 5) is 12.9. The zero-order chi connectivity index (χ0) is 14.4. The van der Waals surface area contributed by atoms with Crippen molar-refractivity contribution in [3.8, 4) is 0 Å². The third-order valence-corrected chi connectivity index (χ3v) is 3.80. The quantitative estimate of drug-likeness (QED) is 0.799. The molecule has 6 nitrogen and oxygen atoms in total. The number of tetrazole rings is 1. The lowest BCUT2D eigenvalue weighted by atomic mass is 10.3. The first-order valence-electron chi connectivity index (χ1n) is 6.06. The van der Waals surface area contributed by atoms with Gasteiger partial charge in [-0.15, -0.1) is 22.0 Å². The largest absolute Gasteiger partial charge is 0.346 e. The van der Waals surface area contributed by atoms with Crippen LogP contribution in [0.3, 0.4) is 0 Å². The van der Waals surface area contributed by atoms with Gasteiger partial charge in [0, 0.05) is 22.1 Å². The standard InChI is InChI=1S/C12H14ClN5OS/c1-8(12-15-17-18-16-12)14-11(19)6-7-20-10-4-2-9(13)3-5-10/h2-5,8H,6-7H2,1H3,(H,14,19)(H,15,16,17,18). The Morgan fingerprint density at radius 1 is 1.45 bits per heavy atom. The van der Waals surface area contributed by atoms with Crippen LogP contribution >= 0.6 is 23.4 Å². The molecule has 1 atom stereocenters. The molecule has 0 aliphatic heterocycles. The molecule has 0 saturated carbocycles. The number of halogens is 1. The molecular formula is C12H14ClN5OS. The molecular weight excluding hydrogens is 298 g/mol. The van der Waals surface area contributed by atoms with E-state index < -0.39 is 0 Å². The summed E-state index contributed by atoms with van der Waals surface area (Å²) in [5, 5.41) is 17.0. The van der Waals surface area contributed by atoms with Crippen LogP contribution in [-0.2, 0) is 4.79 Å². The molecule has 1 aromatic carbocycles. The Morgan fingerprint density at radius 3 is 2.85 bits per heavy atom. The average Bonchev–Trinajstić information content (AvgIpc) is 2.95. The minimum atomic E-state index is -0.248. The fraction of sp³-hybridized carbons (Fsp3) is 0.333. The first-order valence-corrected chi connectivity index (χ1v) is 7.42. The van der Waals surface area contributed by atoms with E-state index in [1.807, 2.05) is 31.2 Å². The van der Waals surface area contributed by atoms with Crippen molar-refractivity contribution in [1.29, 1.82) is 0 Å². The minimum absolute atomic E-state index is 0.0382. The van der Waals surface area contributed by atoms with Gasteiger partial charge in [-0.05, 0) is 31.2 Å². The maximum Gasteiger partial charge on any atom is 0.221 e. The lowest BCUT2D eigenvalue weighted by Crippen LogP contribution is -2.27. The molecule has 2 rings (SSSR count). The first kappa shape index (κ1) is 14.8. The van der Waals surface area contributed by atoms with Crippen LogP contribution in [0.2, 0.25) is 5.02 Å². The van der Waals surface area contributed by atoms with Crippen LogP contribution in [-0.4, -0.2) is 32.3 Å². The summed E-state index contributed by atoms with van der Waals surface area (Å²) in [6.07, 6.45) is 0.426. The van der Waals surface area contributed by atoms with Gasteiger partial charge in [-0.2, -0.15) is 5.21 Å². The summed E-state index contributed by atoms with van der Waals surface area (Å²) in [7, 11) is 0. The molecule has 1 heterocycles. The van der Waals surface area contributed by atoms with Crippen LogP contribution in [0, 0.1) is 0 Å². The lowest BCUT2D eigenvalue weighted by molar-refractivity contribution is -0.121. The smallest absolute Gasteiger partial charge is 0.221 e. The minimum Gasteiger partial charge on any atom is -0.346 e. The van der Waals surface area contributed by atoms with Crippen LogP contribution in [0.25, 0.3) is 0 Å². The van der Waals surface area contributed by atoms with E-state index in [1.165, 1.54) is 0 Å². The number of hydrogen-bond acceptors (Lipinski definition) is 5. The van der Waals surface area contributed by atoms with Crippen LogP contribution in [0.4, 0.5) is 0 Å². The molecule has 0 aliphatic carbocycles. The van der Waals surface area contributed by atoms with E-state index in [9.17, 15) is 4.79 Å². The lowest BCUT2D eigenvalue weighted by Gasteiger charge is -2.09. The molecule has 1 unspecified atom stereocenters. The maximum absolute atomic E-state index is 11.8. The normalized spacial score (nSPS) is 12.1. The number of benzene rings is 1. The molecule has 1 amide bonds. The van der Waals surface area contributed by atoms with E-state index in [-0.39, 0.29) is 11.9 Å². The number of amides is 1. The Hall–Kier alpha value is -1.60. The topological polar surface area (TPSA) is 83.6 Å². The van der Waals surface area contributed by atoms with Crippen molar-refractivity contribution in [3.05, 3.63) is 35.1 Å². The third kappa shape index (κ3) is 4.50. The maximum atomic E-state index is 11.8. The zero-order valence-electron chi connectivity index (χ0n) is 10.8. The number of hydrogen-bond donors (Lipinski definition) is 2. The van der Waals surface area contributed by atoms with Crippen LogP contribution in [0.1, 0.15) is 25.2 Å². The van der Waals surface area contributed by atoms with Gasteiger partial charge in [0.15, 0.2) is 5.82 Å². The van der Waals surface area contributed by atoms with Crippen molar-refractivity contribution in [2.24, 2.45) is 0 Å². The fourth-order valence-electron chi connectivity index (χ4n) is 1.52. The predicted molar refractivity (Wildman–Crippen MR) is 77.5 cm³/mol. The molecule has 0 radical (unpaired) electrons. The van der Waals surface area contributed by atoms with Crippen molar-refractivity contribution >= 4 is 29.3 Å². The van der Waals surface area contributed by atoms with Gasteiger partial charge in [0.25, 0.3) is 0 Å². The van der Waals surface area contributed by atoms with Gasteiger partial charge >= 0.3 is 0 Å². The highest BCUT2D eigenvalue weighted by atomic mass is 35.5. The molecule has 0 saturated heterocycles. The van der Waals surface area contributed by atoms with Crippen molar-refractivity contribution in [3.63, 3.8) is 0 Å². The van der Waals surface area contributed by atoms with E-state index in [0.717, 1.165) is 4.90 Å². The number of aromatic nitrogens is 4. The Kier molecular flexibility index (Phi) is 5.37. The zero-order valence-corrected chi connectivity index (χ0v) is 12.4. The van der Waals surface area contributed by atoms with E-state index in [4.69, 9.17) is 11.6 Å². The summed E-state index contributed by atoms with van der Waals surface area (Å²) in [5.74, 6) is 1.14. The second-order valence-corrected chi connectivity index (χ2v) is 5.72. The Balaban J connectivity index is 1.71. The van der Waals surface area contributed by atoms with E-state index in [2.05, 4.69) is 25.9 Å². The number of carbonyl (C=O) groups is 1. The second kappa shape index (κ2) is 7.25. The number of H-pyrrole nitrogens is 1. The van der Waals surface area contributed by atoms with Gasteiger partial charge in [-0.3, -0.25) is 4.79 Å². The van der Waals surface area contributed by atoms with Crippen molar-refractivity contribution in [2.45, 2.75) is 24.3 Å². The number of aromatic amines is 1. The van der Waals surface area contributed by atoms with Crippen LogP contribution in [0.5, 0.6) is 0 Å². The predicted octanol–water partition coefficient (Wildman–Crippen LogP) is 2.21. The highest BCUT2D eigenvalue weighted by Crippen LogP contribution is 2.20. The van der Waals surface area contributed by atoms with Gasteiger partial charge in [0.05, 0.1) is 6.04 Å². The van der Waals surface area contributed by atoms with Crippen LogP contribution < -0.4 is 5.32 Å². The number of nitrogens with zero attached hydrogens (tertiary/aromatic N) is 3. The molecule has 0 fully saturated rings. The summed E-state index contributed by atoms with van der Waals surface area (Å²) >= 11 is 7.42. The summed E-state index contributed by atoms with van der Waals surface area (Å²) in [5.41, 5.74) is 0. The van der Waals surface area contributed by atoms with Gasteiger partial charge in [-0.25, -0.2) is 0 Å². The van der Waals surface area contributed by atoms with Gasteiger partial charge < -0.3 is 5.32 Å². The Bertz CT molecular complexity index is 545.